The van der Waals surface area contributed by atoms with E-state index in [1.807, 2.05) is 0 Å². The van der Waals surface area contributed by atoms with Gasteiger partial charge in [-0.3, -0.25) is 29.8 Å². The van der Waals surface area contributed by atoms with Crippen molar-refractivity contribution in [3.8, 4) is 0 Å². The molecule has 0 atom stereocenters. The predicted octanol–water partition coefficient (Wildman–Crippen LogP) is 2.86. The second kappa shape index (κ2) is 15.9. The molecule has 1 saturated heterocycles. The average molecular weight is 551 g/mol. The standard InChI is InChI=1S/C28H34N6O6/c35-27(13-7-23-3-9-25(10-4-23)33(37)38)29-15-1-17-31-19-21-32(22-20-31)18-2-16-30-28(36)14-8-24-5-11-26(12-6-24)34(39)40/h3-14H,1-2,15-22H2,(H,29,35)(H,30,36)/b13-7+,14-8+. The molecule has 1 heterocycles. The first-order chi connectivity index (χ1) is 19.3. The molecular formula is C28H34N6O6. The summed E-state index contributed by atoms with van der Waals surface area (Å²) in [7, 11) is 0. The molecule has 0 aliphatic carbocycles. The van der Waals surface area contributed by atoms with Gasteiger partial charge in [-0.15, -0.1) is 0 Å². The third kappa shape index (κ3) is 10.8. The van der Waals surface area contributed by atoms with Gasteiger partial charge in [0.15, 0.2) is 0 Å². The fourth-order valence-corrected chi connectivity index (χ4v) is 4.14. The minimum Gasteiger partial charge on any atom is -0.353 e. The number of amides is 2. The average Bonchev–Trinajstić information content (AvgIpc) is 2.96. The van der Waals surface area contributed by atoms with Gasteiger partial charge in [-0.05, 0) is 73.5 Å². The van der Waals surface area contributed by atoms with Gasteiger partial charge in [0.05, 0.1) is 9.85 Å². The molecule has 2 amide bonds. The maximum atomic E-state index is 12.0. The van der Waals surface area contributed by atoms with E-state index in [9.17, 15) is 29.8 Å². The molecule has 0 saturated carbocycles. The van der Waals surface area contributed by atoms with Crippen LogP contribution in [0.15, 0.2) is 60.7 Å². The molecule has 12 nitrogen and oxygen atoms in total. The molecule has 1 fully saturated rings. The molecule has 1 aliphatic rings. The van der Waals surface area contributed by atoms with Crippen LogP contribution in [0.25, 0.3) is 12.2 Å². The van der Waals surface area contributed by atoms with Gasteiger partial charge in [-0.1, -0.05) is 0 Å². The minimum atomic E-state index is -0.461. The second-order valence-corrected chi connectivity index (χ2v) is 9.34. The van der Waals surface area contributed by atoms with Gasteiger partial charge >= 0.3 is 0 Å². The van der Waals surface area contributed by atoms with Crippen molar-refractivity contribution in [3.05, 3.63) is 92.0 Å². The van der Waals surface area contributed by atoms with Gasteiger partial charge < -0.3 is 20.4 Å². The van der Waals surface area contributed by atoms with E-state index in [0.29, 0.717) is 13.1 Å². The van der Waals surface area contributed by atoms with Crippen molar-refractivity contribution in [2.75, 3.05) is 52.4 Å². The Morgan fingerprint density at radius 1 is 0.675 bits per heavy atom. The Kier molecular flexibility index (Phi) is 11.9. The van der Waals surface area contributed by atoms with Crippen LogP contribution >= 0.6 is 0 Å². The molecule has 0 radical (unpaired) electrons. The fourth-order valence-electron chi connectivity index (χ4n) is 4.14. The highest BCUT2D eigenvalue weighted by molar-refractivity contribution is 5.92. The number of nitro benzene ring substituents is 2. The van der Waals surface area contributed by atoms with E-state index in [4.69, 9.17) is 0 Å². The maximum Gasteiger partial charge on any atom is 0.269 e. The Morgan fingerprint density at radius 2 is 1.02 bits per heavy atom. The summed E-state index contributed by atoms with van der Waals surface area (Å²) in [5, 5.41) is 27.1. The molecule has 2 aromatic carbocycles. The second-order valence-electron chi connectivity index (χ2n) is 9.34. The smallest absolute Gasteiger partial charge is 0.269 e. The van der Waals surface area contributed by atoms with Crippen LogP contribution < -0.4 is 10.6 Å². The fraction of sp³-hybridized carbons (Fsp3) is 0.357. The Morgan fingerprint density at radius 3 is 1.35 bits per heavy atom. The lowest BCUT2D eigenvalue weighted by Gasteiger charge is -2.34. The summed E-state index contributed by atoms with van der Waals surface area (Å²) < 4.78 is 0. The molecule has 0 unspecified atom stereocenters. The maximum absolute atomic E-state index is 12.0. The van der Waals surface area contributed by atoms with Gasteiger partial charge in [0.25, 0.3) is 11.4 Å². The molecular weight excluding hydrogens is 516 g/mol. The molecule has 0 bridgehead atoms. The number of rotatable bonds is 14. The number of benzene rings is 2. The van der Waals surface area contributed by atoms with Crippen molar-refractivity contribution < 1.29 is 19.4 Å². The Hall–Kier alpha value is -4.42. The zero-order valence-electron chi connectivity index (χ0n) is 22.2. The SMILES string of the molecule is O=C(/C=C/c1ccc([N+](=O)[O-])cc1)NCCCN1CCN(CCCNC(=O)/C=C/c2ccc([N+](=O)[O-])cc2)CC1. The van der Waals surface area contributed by atoms with E-state index >= 15 is 0 Å². The summed E-state index contributed by atoms with van der Waals surface area (Å²) in [6.45, 7) is 6.77. The van der Waals surface area contributed by atoms with Crippen molar-refractivity contribution in [1.29, 1.82) is 0 Å². The van der Waals surface area contributed by atoms with Crippen molar-refractivity contribution in [2.24, 2.45) is 0 Å². The van der Waals surface area contributed by atoms with Crippen molar-refractivity contribution in [2.45, 2.75) is 12.8 Å². The number of hydrogen-bond acceptors (Lipinski definition) is 8. The van der Waals surface area contributed by atoms with Crippen LogP contribution in [0.5, 0.6) is 0 Å². The highest BCUT2D eigenvalue weighted by Gasteiger charge is 2.16. The van der Waals surface area contributed by atoms with E-state index in [1.54, 1.807) is 36.4 Å². The molecule has 12 heteroatoms. The normalized spacial score (nSPS) is 14.4. The van der Waals surface area contributed by atoms with Gasteiger partial charge in [0, 0.05) is 75.7 Å². The van der Waals surface area contributed by atoms with Crippen LogP contribution in [0.4, 0.5) is 11.4 Å². The first kappa shape index (κ1) is 30.1. The van der Waals surface area contributed by atoms with Gasteiger partial charge in [0.2, 0.25) is 11.8 Å². The molecule has 3 rings (SSSR count). The summed E-state index contributed by atoms with van der Waals surface area (Å²) in [6.07, 6.45) is 7.80. The minimum absolute atomic E-state index is 0.0130. The monoisotopic (exact) mass is 550 g/mol. The number of nitro groups is 2. The van der Waals surface area contributed by atoms with Crippen LogP contribution in [0.1, 0.15) is 24.0 Å². The lowest BCUT2D eigenvalue weighted by atomic mass is 10.2. The summed E-state index contributed by atoms with van der Waals surface area (Å²) >= 11 is 0. The molecule has 0 spiro atoms. The van der Waals surface area contributed by atoms with E-state index in [2.05, 4.69) is 20.4 Å². The lowest BCUT2D eigenvalue weighted by molar-refractivity contribution is -0.385. The van der Waals surface area contributed by atoms with Crippen LogP contribution in [0, 0.1) is 20.2 Å². The molecule has 40 heavy (non-hydrogen) atoms. The van der Waals surface area contributed by atoms with E-state index in [-0.39, 0.29) is 23.2 Å². The zero-order chi connectivity index (χ0) is 28.7. The van der Waals surface area contributed by atoms with Gasteiger partial charge in [-0.25, -0.2) is 0 Å². The van der Waals surface area contributed by atoms with Gasteiger partial charge in [0.1, 0.15) is 0 Å². The van der Waals surface area contributed by atoms with Crippen LogP contribution in [-0.4, -0.2) is 83.8 Å². The van der Waals surface area contributed by atoms with E-state index in [1.165, 1.54) is 36.4 Å². The highest BCUT2D eigenvalue weighted by atomic mass is 16.6. The third-order valence-electron chi connectivity index (χ3n) is 6.43. The summed E-state index contributed by atoms with van der Waals surface area (Å²) in [5.41, 5.74) is 1.47. The predicted molar refractivity (Wildman–Crippen MR) is 152 cm³/mol. The summed E-state index contributed by atoms with van der Waals surface area (Å²) in [5.74, 6) is -0.394. The number of nitrogens with zero attached hydrogens (tertiary/aromatic N) is 4. The number of carbonyl (C=O) groups excluding carboxylic acids is 2. The van der Waals surface area contributed by atoms with Crippen LogP contribution in [0.3, 0.4) is 0 Å². The first-order valence-corrected chi connectivity index (χ1v) is 13.2. The number of non-ortho nitro benzene ring substituents is 2. The molecule has 2 aromatic rings. The Balaban J connectivity index is 1.21. The summed E-state index contributed by atoms with van der Waals surface area (Å²) in [6, 6.07) is 12.0. The Labute approximate surface area is 232 Å². The third-order valence-corrected chi connectivity index (χ3v) is 6.43. The first-order valence-electron chi connectivity index (χ1n) is 13.2. The number of hydrogen-bond donors (Lipinski definition) is 2. The Bertz CT molecular complexity index is 1110. The lowest BCUT2D eigenvalue weighted by Crippen LogP contribution is -2.47. The van der Waals surface area contributed by atoms with Gasteiger partial charge in [-0.2, -0.15) is 0 Å². The van der Waals surface area contributed by atoms with E-state index < -0.39 is 9.85 Å². The van der Waals surface area contributed by atoms with Crippen molar-refractivity contribution >= 4 is 35.3 Å². The number of nitrogens with one attached hydrogen (secondary N) is 2. The molecule has 2 N–H and O–H groups in total. The van der Waals surface area contributed by atoms with E-state index in [0.717, 1.165) is 63.2 Å². The quantitative estimate of drug-likeness (QED) is 0.158. The van der Waals surface area contributed by atoms with Crippen molar-refractivity contribution in [3.63, 3.8) is 0 Å². The zero-order valence-corrected chi connectivity index (χ0v) is 22.2. The largest absolute Gasteiger partial charge is 0.353 e. The molecule has 212 valence electrons. The topological polar surface area (TPSA) is 151 Å². The molecule has 0 aromatic heterocycles. The highest BCUT2D eigenvalue weighted by Crippen LogP contribution is 2.13. The van der Waals surface area contributed by atoms with Crippen LogP contribution in [0.2, 0.25) is 0 Å². The number of carbonyl (C=O) groups is 2. The number of piperazine rings is 1. The summed E-state index contributed by atoms with van der Waals surface area (Å²) in [4.78, 5) is 49.2. The molecule has 1 aliphatic heterocycles. The van der Waals surface area contributed by atoms with Crippen LogP contribution in [-0.2, 0) is 9.59 Å². The van der Waals surface area contributed by atoms with Crippen molar-refractivity contribution in [1.82, 2.24) is 20.4 Å².